The summed E-state index contributed by atoms with van der Waals surface area (Å²) in [6, 6.07) is 21.2. The minimum absolute atomic E-state index is 0.00474. The van der Waals surface area contributed by atoms with E-state index in [1.54, 1.807) is 0 Å². The Bertz CT molecular complexity index is 775. The average molecular weight is 406 g/mol. The van der Waals surface area contributed by atoms with Gasteiger partial charge < -0.3 is 9.64 Å². The van der Waals surface area contributed by atoms with Crippen molar-refractivity contribution in [1.29, 1.82) is 0 Å². The van der Waals surface area contributed by atoms with Crippen LogP contribution in [0.3, 0.4) is 0 Å². The van der Waals surface area contributed by atoms with Crippen LogP contribution in [0.2, 0.25) is 0 Å². The van der Waals surface area contributed by atoms with Crippen LogP contribution in [-0.2, 0) is 14.9 Å². The Labute approximate surface area is 181 Å². The third-order valence-corrected chi connectivity index (χ3v) is 7.13. The van der Waals surface area contributed by atoms with Crippen LogP contribution in [0.25, 0.3) is 0 Å². The van der Waals surface area contributed by atoms with Crippen LogP contribution in [-0.4, -0.2) is 37.1 Å². The summed E-state index contributed by atoms with van der Waals surface area (Å²) in [5.41, 5.74) is 2.22. The minimum atomic E-state index is -0.402. The van der Waals surface area contributed by atoms with E-state index in [9.17, 15) is 4.79 Å². The summed E-state index contributed by atoms with van der Waals surface area (Å²) in [7, 11) is 0. The van der Waals surface area contributed by atoms with Gasteiger partial charge in [-0.25, -0.2) is 0 Å². The number of rotatable bonds is 8. The van der Waals surface area contributed by atoms with Gasteiger partial charge in [0.15, 0.2) is 0 Å². The second-order valence-electron chi connectivity index (χ2n) is 9.02. The predicted octanol–water partition coefficient (Wildman–Crippen LogP) is 5.70. The molecule has 2 fully saturated rings. The highest BCUT2D eigenvalue weighted by atomic mass is 16.5. The fourth-order valence-corrected chi connectivity index (χ4v) is 5.30. The molecule has 2 aromatic carbocycles. The van der Waals surface area contributed by atoms with Gasteiger partial charge in [-0.15, -0.1) is 0 Å². The van der Waals surface area contributed by atoms with Crippen LogP contribution in [0.1, 0.15) is 68.4 Å². The molecular formula is C27H35NO2. The highest BCUT2D eigenvalue weighted by Gasteiger charge is 2.43. The van der Waals surface area contributed by atoms with Gasteiger partial charge in [-0.2, -0.15) is 0 Å². The molecule has 4 rings (SSSR count). The first kappa shape index (κ1) is 21.1. The second kappa shape index (κ2) is 10.3. The van der Waals surface area contributed by atoms with Crippen LogP contribution >= 0.6 is 0 Å². The van der Waals surface area contributed by atoms with Crippen molar-refractivity contribution < 1.29 is 9.53 Å². The average Bonchev–Trinajstić information content (AvgIpc) is 3.32. The molecule has 2 aromatic rings. The second-order valence-corrected chi connectivity index (χ2v) is 9.02. The first-order chi connectivity index (χ1) is 14.8. The number of hydrogen-bond acceptors (Lipinski definition) is 3. The van der Waals surface area contributed by atoms with Crippen LogP contribution in [0.5, 0.6) is 0 Å². The summed E-state index contributed by atoms with van der Waals surface area (Å²) >= 11 is 0. The molecule has 3 heteroatoms. The third-order valence-electron chi connectivity index (χ3n) is 7.13. The molecule has 0 bridgehead atoms. The maximum Gasteiger partial charge on any atom is 0.316 e. The first-order valence-electron chi connectivity index (χ1n) is 11.8. The SMILES string of the molecule is O=C(OCCCCN1CCC(c2ccccc2)CC1)C1(c2ccccc2)CCCC1. The molecule has 3 nitrogen and oxygen atoms in total. The van der Waals surface area contributed by atoms with Gasteiger partial charge in [-0.05, 0) is 75.2 Å². The Morgan fingerprint density at radius 2 is 1.53 bits per heavy atom. The molecule has 0 atom stereocenters. The normalized spacial score (nSPS) is 19.6. The monoisotopic (exact) mass is 405 g/mol. The number of piperidine rings is 1. The molecule has 0 spiro atoms. The lowest BCUT2D eigenvalue weighted by molar-refractivity contribution is -0.150. The number of carbonyl (C=O) groups excluding carboxylic acids is 1. The summed E-state index contributed by atoms with van der Waals surface area (Å²) in [4.78, 5) is 15.5. The number of nitrogens with zero attached hydrogens (tertiary/aromatic N) is 1. The number of ether oxygens (including phenoxy) is 1. The lowest BCUT2D eigenvalue weighted by atomic mass is 9.79. The lowest BCUT2D eigenvalue weighted by Gasteiger charge is -2.32. The van der Waals surface area contributed by atoms with E-state index in [0.717, 1.165) is 50.6 Å². The number of likely N-dealkylation sites (tertiary alicyclic amines) is 1. The van der Waals surface area contributed by atoms with Crippen molar-refractivity contribution >= 4 is 5.97 Å². The zero-order valence-electron chi connectivity index (χ0n) is 18.1. The molecule has 1 aliphatic carbocycles. The van der Waals surface area contributed by atoms with Crippen LogP contribution < -0.4 is 0 Å². The largest absolute Gasteiger partial charge is 0.465 e. The number of benzene rings is 2. The van der Waals surface area contributed by atoms with Crippen molar-refractivity contribution in [2.75, 3.05) is 26.2 Å². The highest BCUT2D eigenvalue weighted by Crippen LogP contribution is 2.42. The van der Waals surface area contributed by atoms with Crippen molar-refractivity contribution in [3.05, 3.63) is 71.8 Å². The fourth-order valence-electron chi connectivity index (χ4n) is 5.30. The number of unbranched alkanes of at least 4 members (excludes halogenated alkanes) is 1. The molecule has 2 aliphatic rings. The van der Waals surface area contributed by atoms with Gasteiger partial charge in [-0.1, -0.05) is 73.5 Å². The topological polar surface area (TPSA) is 29.5 Å². The Hall–Kier alpha value is -2.13. The Morgan fingerprint density at radius 1 is 0.900 bits per heavy atom. The summed E-state index contributed by atoms with van der Waals surface area (Å²) in [5.74, 6) is 0.707. The van der Waals surface area contributed by atoms with Gasteiger partial charge in [0.25, 0.3) is 0 Å². The molecule has 0 amide bonds. The van der Waals surface area contributed by atoms with Gasteiger partial charge >= 0.3 is 5.97 Å². The van der Waals surface area contributed by atoms with E-state index >= 15 is 0 Å². The minimum Gasteiger partial charge on any atom is -0.465 e. The molecule has 0 N–H and O–H groups in total. The Morgan fingerprint density at radius 3 is 2.20 bits per heavy atom. The van der Waals surface area contributed by atoms with Gasteiger partial charge in [0.05, 0.1) is 12.0 Å². The lowest BCUT2D eigenvalue weighted by Crippen LogP contribution is -2.35. The standard InChI is InChI=1S/C27H35NO2/c29-26(27(17-7-8-18-27)25-13-5-2-6-14-25)30-22-10-9-19-28-20-15-24(16-21-28)23-11-3-1-4-12-23/h1-6,11-14,24H,7-10,15-22H2. The molecule has 0 aromatic heterocycles. The maximum absolute atomic E-state index is 13.0. The van der Waals surface area contributed by atoms with Crippen LogP contribution in [0.4, 0.5) is 0 Å². The molecule has 1 saturated heterocycles. The van der Waals surface area contributed by atoms with E-state index in [1.165, 1.54) is 31.5 Å². The molecule has 1 aliphatic heterocycles. The van der Waals surface area contributed by atoms with Crippen LogP contribution in [0.15, 0.2) is 60.7 Å². The van der Waals surface area contributed by atoms with E-state index < -0.39 is 5.41 Å². The summed E-state index contributed by atoms with van der Waals surface area (Å²) in [5, 5.41) is 0. The van der Waals surface area contributed by atoms with Gasteiger partial charge in [-0.3, -0.25) is 4.79 Å². The van der Waals surface area contributed by atoms with E-state index in [1.807, 2.05) is 18.2 Å². The zero-order valence-corrected chi connectivity index (χ0v) is 18.1. The van der Waals surface area contributed by atoms with E-state index in [0.29, 0.717) is 12.5 Å². The van der Waals surface area contributed by atoms with E-state index in [4.69, 9.17) is 4.74 Å². The van der Waals surface area contributed by atoms with Crippen molar-refractivity contribution in [2.24, 2.45) is 0 Å². The summed E-state index contributed by atoms with van der Waals surface area (Å²) in [6.45, 7) is 4.02. The van der Waals surface area contributed by atoms with Crippen LogP contribution in [0, 0.1) is 0 Å². The van der Waals surface area contributed by atoms with Gasteiger partial charge in [0.2, 0.25) is 0 Å². The highest BCUT2D eigenvalue weighted by molar-refractivity contribution is 5.83. The summed E-state index contributed by atoms with van der Waals surface area (Å²) in [6.07, 6.45) is 8.62. The quantitative estimate of drug-likeness (QED) is 0.417. The van der Waals surface area contributed by atoms with Gasteiger partial charge in [0.1, 0.15) is 0 Å². The molecule has 30 heavy (non-hydrogen) atoms. The zero-order chi connectivity index (χ0) is 20.7. The predicted molar refractivity (Wildman–Crippen MR) is 122 cm³/mol. The smallest absolute Gasteiger partial charge is 0.316 e. The van der Waals surface area contributed by atoms with Crippen molar-refractivity contribution in [3.63, 3.8) is 0 Å². The van der Waals surface area contributed by atoms with Crippen molar-refractivity contribution in [3.8, 4) is 0 Å². The molecule has 0 radical (unpaired) electrons. The number of carbonyl (C=O) groups is 1. The fraction of sp³-hybridized carbons (Fsp3) is 0.519. The van der Waals surface area contributed by atoms with E-state index in [-0.39, 0.29) is 5.97 Å². The van der Waals surface area contributed by atoms with Gasteiger partial charge in [0, 0.05) is 0 Å². The molecule has 160 valence electrons. The van der Waals surface area contributed by atoms with E-state index in [2.05, 4.69) is 47.4 Å². The first-order valence-corrected chi connectivity index (χ1v) is 11.8. The number of esters is 1. The third kappa shape index (κ3) is 4.95. The molecule has 1 heterocycles. The summed E-state index contributed by atoms with van der Waals surface area (Å²) < 4.78 is 5.79. The maximum atomic E-state index is 13.0. The van der Waals surface area contributed by atoms with Crippen molar-refractivity contribution in [2.45, 2.75) is 62.7 Å². The Balaban J connectivity index is 1.16. The molecule has 0 unspecified atom stereocenters. The molecule has 1 saturated carbocycles. The number of hydrogen-bond donors (Lipinski definition) is 0. The molecular weight excluding hydrogens is 370 g/mol. The van der Waals surface area contributed by atoms with Crippen molar-refractivity contribution in [1.82, 2.24) is 4.90 Å². The Kier molecular flexibility index (Phi) is 7.22.